The zero-order valence-electron chi connectivity index (χ0n) is 9.46. The van der Waals surface area contributed by atoms with Crippen LogP contribution in [0.4, 0.5) is 0 Å². The van der Waals surface area contributed by atoms with Crippen molar-refractivity contribution in [3.63, 3.8) is 0 Å². The van der Waals surface area contributed by atoms with Gasteiger partial charge in [-0.1, -0.05) is 36.2 Å². The van der Waals surface area contributed by atoms with Gasteiger partial charge in [0.2, 0.25) is 0 Å². The molecule has 0 aromatic heterocycles. The van der Waals surface area contributed by atoms with Gasteiger partial charge in [-0.2, -0.15) is 0 Å². The standard InChI is InChI=1S/C12H16BrNO2/c1-3-8(2)7-14-12(16)10-6-9(13)4-5-11(10)15/h4-6,8,15H,3,7H2,1-2H3,(H,14,16). The Kier molecular flexibility index (Phi) is 4.80. The summed E-state index contributed by atoms with van der Waals surface area (Å²) in [5.41, 5.74) is 0.303. The van der Waals surface area contributed by atoms with E-state index in [2.05, 4.69) is 35.1 Å². The molecular weight excluding hydrogens is 270 g/mol. The summed E-state index contributed by atoms with van der Waals surface area (Å²) in [6.07, 6.45) is 1.02. The van der Waals surface area contributed by atoms with Crippen molar-refractivity contribution in [2.24, 2.45) is 5.92 Å². The van der Waals surface area contributed by atoms with Crippen LogP contribution < -0.4 is 5.32 Å². The molecule has 4 heteroatoms. The second kappa shape index (κ2) is 5.89. The molecule has 0 aliphatic heterocycles. The van der Waals surface area contributed by atoms with E-state index in [1.54, 1.807) is 12.1 Å². The lowest BCUT2D eigenvalue weighted by Gasteiger charge is -2.11. The molecule has 1 atom stereocenters. The molecule has 0 aliphatic rings. The average molecular weight is 286 g/mol. The van der Waals surface area contributed by atoms with Gasteiger partial charge in [-0.3, -0.25) is 4.79 Å². The van der Waals surface area contributed by atoms with E-state index in [9.17, 15) is 9.90 Å². The highest BCUT2D eigenvalue weighted by molar-refractivity contribution is 9.10. The number of amides is 1. The second-order valence-corrected chi connectivity index (χ2v) is 4.80. The Morgan fingerprint density at radius 2 is 2.25 bits per heavy atom. The van der Waals surface area contributed by atoms with Crippen molar-refractivity contribution in [1.82, 2.24) is 5.32 Å². The van der Waals surface area contributed by atoms with Gasteiger partial charge in [0, 0.05) is 11.0 Å². The zero-order valence-corrected chi connectivity index (χ0v) is 11.0. The predicted molar refractivity (Wildman–Crippen MR) is 67.6 cm³/mol. The normalized spacial score (nSPS) is 12.2. The van der Waals surface area contributed by atoms with Crippen molar-refractivity contribution in [2.45, 2.75) is 20.3 Å². The minimum Gasteiger partial charge on any atom is -0.507 e. The Morgan fingerprint density at radius 3 is 2.88 bits per heavy atom. The van der Waals surface area contributed by atoms with E-state index < -0.39 is 0 Å². The van der Waals surface area contributed by atoms with Gasteiger partial charge in [-0.25, -0.2) is 0 Å². The van der Waals surface area contributed by atoms with Crippen molar-refractivity contribution in [1.29, 1.82) is 0 Å². The summed E-state index contributed by atoms with van der Waals surface area (Å²) in [5.74, 6) is 0.210. The van der Waals surface area contributed by atoms with Crippen LogP contribution in [-0.4, -0.2) is 17.6 Å². The SMILES string of the molecule is CCC(C)CNC(=O)c1cc(Br)ccc1O. The highest BCUT2D eigenvalue weighted by atomic mass is 79.9. The number of carbonyl (C=O) groups excluding carboxylic acids is 1. The van der Waals surface area contributed by atoms with Crippen LogP contribution in [0, 0.1) is 5.92 Å². The Labute approximate surface area is 104 Å². The Bertz CT molecular complexity index is 379. The fraction of sp³-hybridized carbons (Fsp3) is 0.417. The van der Waals surface area contributed by atoms with Crippen molar-refractivity contribution in [2.75, 3.05) is 6.54 Å². The number of benzene rings is 1. The summed E-state index contributed by atoms with van der Waals surface area (Å²) in [5, 5.41) is 12.3. The third-order valence-corrected chi connectivity index (χ3v) is 3.00. The molecule has 1 rings (SSSR count). The quantitative estimate of drug-likeness (QED) is 0.894. The van der Waals surface area contributed by atoms with Crippen LogP contribution in [0.15, 0.2) is 22.7 Å². The molecule has 0 aliphatic carbocycles. The van der Waals surface area contributed by atoms with Gasteiger partial charge in [0.15, 0.2) is 0 Å². The molecule has 1 aromatic carbocycles. The predicted octanol–water partition coefficient (Wildman–Crippen LogP) is 2.93. The van der Waals surface area contributed by atoms with Crippen LogP contribution >= 0.6 is 15.9 Å². The molecule has 1 amide bonds. The zero-order chi connectivity index (χ0) is 12.1. The summed E-state index contributed by atoms with van der Waals surface area (Å²) >= 11 is 3.27. The molecule has 1 unspecified atom stereocenters. The fourth-order valence-corrected chi connectivity index (χ4v) is 1.56. The minimum atomic E-state index is -0.237. The maximum atomic E-state index is 11.7. The van der Waals surface area contributed by atoms with Gasteiger partial charge in [-0.15, -0.1) is 0 Å². The van der Waals surface area contributed by atoms with Gasteiger partial charge >= 0.3 is 0 Å². The van der Waals surface area contributed by atoms with Gasteiger partial charge in [-0.05, 0) is 24.1 Å². The third-order valence-electron chi connectivity index (χ3n) is 2.51. The molecule has 3 nitrogen and oxygen atoms in total. The molecular formula is C12H16BrNO2. The maximum Gasteiger partial charge on any atom is 0.255 e. The van der Waals surface area contributed by atoms with E-state index in [1.807, 2.05) is 0 Å². The van der Waals surface area contributed by atoms with Crippen molar-refractivity contribution in [3.8, 4) is 5.75 Å². The average Bonchev–Trinajstić information content (AvgIpc) is 2.28. The van der Waals surface area contributed by atoms with E-state index in [0.717, 1.165) is 10.9 Å². The van der Waals surface area contributed by atoms with Crippen LogP contribution in [-0.2, 0) is 0 Å². The Hall–Kier alpha value is -1.03. The van der Waals surface area contributed by atoms with Gasteiger partial charge in [0.25, 0.3) is 5.91 Å². The first kappa shape index (κ1) is 13.0. The van der Waals surface area contributed by atoms with E-state index in [0.29, 0.717) is 18.0 Å². The molecule has 1 aromatic rings. The van der Waals surface area contributed by atoms with Crippen LogP contribution in [0.3, 0.4) is 0 Å². The van der Waals surface area contributed by atoms with E-state index in [-0.39, 0.29) is 11.7 Å². The van der Waals surface area contributed by atoms with Gasteiger partial charge < -0.3 is 10.4 Å². The summed E-state index contributed by atoms with van der Waals surface area (Å²) in [7, 11) is 0. The van der Waals surface area contributed by atoms with E-state index >= 15 is 0 Å². The number of halogens is 1. The number of carbonyl (C=O) groups is 1. The lowest BCUT2D eigenvalue weighted by atomic mass is 10.1. The Balaban J connectivity index is 2.69. The smallest absolute Gasteiger partial charge is 0.255 e. The monoisotopic (exact) mass is 285 g/mol. The highest BCUT2D eigenvalue weighted by Crippen LogP contribution is 2.21. The number of rotatable bonds is 4. The van der Waals surface area contributed by atoms with Crippen LogP contribution in [0.2, 0.25) is 0 Å². The molecule has 0 saturated carbocycles. The summed E-state index contributed by atoms with van der Waals surface area (Å²) in [6.45, 7) is 4.77. The molecule has 0 fully saturated rings. The summed E-state index contributed by atoms with van der Waals surface area (Å²) in [6, 6.07) is 4.81. The molecule has 0 spiro atoms. The lowest BCUT2D eigenvalue weighted by molar-refractivity contribution is 0.0945. The van der Waals surface area contributed by atoms with E-state index in [1.165, 1.54) is 6.07 Å². The minimum absolute atomic E-state index is 0.00449. The van der Waals surface area contributed by atoms with Crippen LogP contribution in [0.1, 0.15) is 30.6 Å². The summed E-state index contributed by atoms with van der Waals surface area (Å²) in [4.78, 5) is 11.7. The van der Waals surface area contributed by atoms with Crippen LogP contribution in [0.5, 0.6) is 5.75 Å². The molecule has 0 bridgehead atoms. The highest BCUT2D eigenvalue weighted by Gasteiger charge is 2.11. The Morgan fingerprint density at radius 1 is 1.56 bits per heavy atom. The van der Waals surface area contributed by atoms with Crippen molar-refractivity contribution in [3.05, 3.63) is 28.2 Å². The third kappa shape index (κ3) is 3.52. The summed E-state index contributed by atoms with van der Waals surface area (Å²) < 4.78 is 0.777. The van der Waals surface area contributed by atoms with Crippen molar-refractivity contribution < 1.29 is 9.90 Å². The topological polar surface area (TPSA) is 49.3 Å². The number of nitrogens with one attached hydrogen (secondary N) is 1. The second-order valence-electron chi connectivity index (χ2n) is 3.88. The molecule has 88 valence electrons. The number of phenolic OH excluding ortho intramolecular Hbond substituents is 1. The van der Waals surface area contributed by atoms with Crippen molar-refractivity contribution >= 4 is 21.8 Å². The van der Waals surface area contributed by atoms with Crippen LogP contribution in [0.25, 0.3) is 0 Å². The molecule has 0 radical (unpaired) electrons. The molecule has 0 heterocycles. The fourth-order valence-electron chi connectivity index (χ4n) is 1.20. The number of phenols is 1. The first-order chi connectivity index (χ1) is 7.54. The van der Waals surface area contributed by atoms with Gasteiger partial charge in [0.1, 0.15) is 5.75 Å². The first-order valence-corrected chi connectivity index (χ1v) is 6.10. The molecule has 16 heavy (non-hydrogen) atoms. The van der Waals surface area contributed by atoms with E-state index in [4.69, 9.17) is 0 Å². The van der Waals surface area contributed by atoms with Gasteiger partial charge in [0.05, 0.1) is 5.56 Å². The first-order valence-electron chi connectivity index (χ1n) is 5.31. The number of aromatic hydroxyl groups is 1. The number of hydrogen-bond donors (Lipinski definition) is 2. The number of hydrogen-bond acceptors (Lipinski definition) is 2. The maximum absolute atomic E-state index is 11.7. The lowest BCUT2D eigenvalue weighted by Crippen LogP contribution is -2.28. The molecule has 0 saturated heterocycles. The largest absolute Gasteiger partial charge is 0.507 e. The molecule has 2 N–H and O–H groups in total.